The van der Waals surface area contributed by atoms with Crippen molar-refractivity contribution in [2.24, 2.45) is 0 Å². The number of halogens is 2. The molecule has 3 heterocycles. The van der Waals surface area contributed by atoms with Gasteiger partial charge in [0.05, 0.1) is 21.5 Å². The molecule has 1 amide bonds. The zero-order valence-corrected chi connectivity index (χ0v) is 20.4. The lowest BCUT2D eigenvalue weighted by atomic mass is 10.0. The lowest BCUT2D eigenvalue weighted by molar-refractivity contribution is -0.119. The Labute approximate surface area is 205 Å². The summed E-state index contributed by atoms with van der Waals surface area (Å²) in [5, 5.41) is 6.29. The average molecular weight is 509 g/mol. The molecule has 0 atom stereocenters. The molecule has 1 saturated heterocycles. The third-order valence-corrected chi connectivity index (χ3v) is 7.99. The first-order chi connectivity index (χ1) is 15.5. The Morgan fingerprint density at radius 3 is 2.75 bits per heavy atom. The van der Waals surface area contributed by atoms with Gasteiger partial charge in [0.25, 0.3) is 0 Å². The molecular formula is C22H23Cl2N5OS2. The van der Waals surface area contributed by atoms with E-state index in [0.717, 1.165) is 53.6 Å². The second-order valence-electron chi connectivity index (χ2n) is 7.63. The first-order valence-electron chi connectivity index (χ1n) is 10.2. The molecule has 1 aromatic carbocycles. The largest absolute Gasteiger partial charge is 0.384 e. The smallest absolute Gasteiger partial charge is 0.230 e. The summed E-state index contributed by atoms with van der Waals surface area (Å²) in [6.07, 6.45) is 3.58. The second kappa shape index (κ2) is 10.9. The standard InChI is InChI=1S/C22H23Cl2N5OS2/c23-17-3-1-14(9-18(17)24)11-29-7-5-16(6-8-29)27-21(30)13-32-22-28-19(12-31-22)15-2-4-20(25)26-10-15/h1-4,9-10,12,16H,5-8,11,13H2,(H2,25,26)(H,27,30). The highest BCUT2D eigenvalue weighted by atomic mass is 35.5. The van der Waals surface area contributed by atoms with E-state index in [-0.39, 0.29) is 11.9 Å². The molecule has 32 heavy (non-hydrogen) atoms. The van der Waals surface area contributed by atoms with Crippen molar-refractivity contribution in [3.8, 4) is 11.3 Å². The first-order valence-corrected chi connectivity index (χ1v) is 12.8. The molecule has 2 aromatic heterocycles. The van der Waals surface area contributed by atoms with Gasteiger partial charge in [0.2, 0.25) is 5.91 Å². The number of nitrogens with two attached hydrogens (primary N) is 1. The van der Waals surface area contributed by atoms with E-state index in [4.69, 9.17) is 28.9 Å². The average Bonchev–Trinajstić information content (AvgIpc) is 3.26. The molecule has 3 aromatic rings. The van der Waals surface area contributed by atoms with Crippen LogP contribution in [-0.2, 0) is 11.3 Å². The number of pyridine rings is 1. The number of nitrogens with one attached hydrogen (secondary N) is 1. The number of carbonyl (C=O) groups is 1. The molecular weight excluding hydrogens is 485 g/mol. The molecule has 168 valence electrons. The molecule has 10 heteroatoms. The zero-order valence-electron chi connectivity index (χ0n) is 17.3. The quantitative estimate of drug-likeness (QED) is 0.439. The zero-order chi connectivity index (χ0) is 22.5. The normalized spacial score (nSPS) is 15.1. The van der Waals surface area contributed by atoms with Crippen LogP contribution in [0.3, 0.4) is 0 Å². The monoisotopic (exact) mass is 507 g/mol. The molecule has 0 unspecified atom stereocenters. The number of piperidine rings is 1. The van der Waals surface area contributed by atoms with Gasteiger partial charge in [-0.2, -0.15) is 0 Å². The summed E-state index contributed by atoms with van der Waals surface area (Å²) >= 11 is 15.1. The summed E-state index contributed by atoms with van der Waals surface area (Å²) in [7, 11) is 0. The van der Waals surface area contributed by atoms with Gasteiger partial charge in [-0.15, -0.1) is 11.3 Å². The Morgan fingerprint density at radius 2 is 2.03 bits per heavy atom. The minimum absolute atomic E-state index is 0.0452. The van der Waals surface area contributed by atoms with Crippen molar-refractivity contribution in [2.75, 3.05) is 24.6 Å². The number of thioether (sulfide) groups is 1. The Hall–Kier alpha value is -1.84. The number of aromatic nitrogens is 2. The molecule has 0 saturated carbocycles. The molecule has 6 nitrogen and oxygen atoms in total. The highest BCUT2D eigenvalue weighted by molar-refractivity contribution is 8.01. The van der Waals surface area contributed by atoms with E-state index in [9.17, 15) is 4.79 Å². The van der Waals surface area contributed by atoms with E-state index in [1.165, 1.54) is 23.1 Å². The summed E-state index contributed by atoms with van der Waals surface area (Å²) in [6.45, 7) is 2.71. The van der Waals surface area contributed by atoms with Gasteiger partial charge >= 0.3 is 0 Å². The van der Waals surface area contributed by atoms with Gasteiger partial charge in [-0.05, 0) is 42.7 Å². The van der Waals surface area contributed by atoms with Crippen molar-refractivity contribution in [1.82, 2.24) is 20.2 Å². The van der Waals surface area contributed by atoms with Crippen LogP contribution in [0.4, 0.5) is 5.82 Å². The maximum Gasteiger partial charge on any atom is 0.230 e. The van der Waals surface area contributed by atoms with Crippen LogP contribution in [-0.4, -0.2) is 45.7 Å². The molecule has 0 radical (unpaired) electrons. The van der Waals surface area contributed by atoms with Crippen LogP contribution in [0.5, 0.6) is 0 Å². The lowest BCUT2D eigenvalue weighted by Gasteiger charge is -2.32. The summed E-state index contributed by atoms with van der Waals surface area (Å²) in [4.78, 5) is 23.5. The fraction of sp³-hybridized carbons (Fsp3) is 0.318. The number of carbonyl (C=O) groups excluding carboxylic acids is 1. The van der Waals surface area contributed by atoms with Crippen LogP contribution in [0, 0.1) is 0 Å². The molecule has 4 rings (SSSR count). The number of benzene rings is 1. The SMILES string of the molecule is Nc1ccc(-c2csc(SCC(=O)NC3CCN(Cc4ccc(Cl)c(Cl)c4)CC3)n2)cn1. The summed E-state index contributed by atoms with van der Waals surface area (Å²) in [5.41, 5.74) is 8.54. The summed E-state index contributed by atoms with van der Waals surface area (Å²) < 4.78 is 0.864. The molecule has 0 spiro atoms. The molecule has 0 aliphatic carbocycles. The minimum Gasteiger partial charge on any atom is -0.384 e. The maximum absolute atomic E-state index is 12.4. The van der Waals surface area contributed by atoms with Crippen molar-refractivity contribution >= 4 is 58.0 Å². The Morgan fingerprint density at radius 1 is 1.22 bits per heavy atom. The number of likely N-dealkylation sites (tertiary alicyclic amines) is 1. The molecule has 3 N–H and O–H groups in total. The van der Waals surface area contributed by atoms with E-state index in [0.29, 0.717) is 21.6 Å². The topological polar surface area (TPSA) is 84.1 Å². The summed E-state index contributed by atoms with van der Waals surface area (Å²) in [6, 6.07) is 9.62. The Kier molecular flexibility index (Phi) is 7.91. The van der Waals surface area contributed by atoms with E-state index >= 15 is 0 Å². The number of rotatable bonds is 7. The molecule has 1 aliphatic heterocycles. The van der Waals surface area contributed by atoms with Crippen LogP contribution >= 0.6 is 46.3 Å². The van der Waals surface area contributed by atoms with Crippen molar-refractivity contribution < 1.29 is 4.79 Å². The predicted octanol–water partition coefficient (Wildman–Crippen LogP) is 4.97. The van der Waals surface area contributed by atoms with E-state index in [2.05, 4.69) is 20.2 Å². The van der Waals surface area contributed by atoms with Crippen molar-refractivity contribution in [2.45, 2.75) is 29.8 Å². The third kappa shape index (κ3) is 6.36. The highest BCUT2D eigenvalue weighted by Crippen LogP contribution is 2.28. The number of thiazole rings is 1. The third-order valence-electron chi connectivity index (χ3n) is 5.23. The molecule has 0 bridgehead atoms. The van der Waals surface area contributed by atoms with Crippen LogP contribution in [0.25, 0.3) is 11.3 Å². The van der Waals surface area contributed by atoms with E-state index < -0.39 is 0 Å². The van der Waals surface area contributed by atoms with Gasteiger partial charge in [0, 0.05) is 42.8 Å². The second-order valence-corrected chi connectivity index (χ2v) is 10.5. The lowest BCUT2D eigenvalue weighted by Crippen LogP contribution is -2.44. The van der Waals surface area contributed by atoms with Crippen LogP contribution in [0.15, 0.2) is 46.2 Å². The van der Waals surface area contributed by atoms with Crippen LogP contribution in [0.1, 0.15) is 18.4 Å². The maximum atomic E-state index is 12.4. The number of hydrogen-bond donors (Lipinski definition) is 2. The van der Waals surface area contributed by atoms with Gasteiger partial charge in [-0.25, -0.2) is 9.97 Å². The first kappa shape index (κ1) is 23.3. The number of amides is 1. The summed E-state index contributed by atoms with van der Waals surface area (Å²) in [5.74, 6) is 0.885. The Bertz CT molecular complexity index is 1070. The Balaban J connectivity index is 1.19. The van der Waals surface area contributed by atoms with Gasteiger partial charge in [0.15, 0.2) is 4.34 Å². The number of hydrogen-bond acceptors (Lipinski definition) is 7. The van der Waals surface area contributed by atoms with Gasteiger partial charge in [-0.1, -0.05) is 41.0 Å². The van der Waals surface area contributed by atoms with Crippen LogP contribution in [0.2, 0.25) is 10.0 Å². The van der Waals surface area contributed by atoms with Crippen molar-refractivity contribution in [3.63, 3.8) is 0 Å². The van der Waals surface area contributed by atoms with Crippen molar-refractivity contribution in [3.05, 3.63) is 57.5 Å². The van der Waals surface area contributed by atoms with E-state index in [1.54, 1.807) is 12.3 Å². The highest BCUT2D eigenvalue weighted by Gasteiger charge is 2.21. The van der Waals surface area contributed by atoms with Crippen molar-refractivity contribution in [1.29, 1.82) is 0 Å². The predicted molar refractivity (Wildman–Crippen MR) is 133 cm³/mol. The van der Waals surface area contributed by atoms with Gasteiger partial charge < -0.3 is 11.1 Å². The fourth-order valence-corrected chi connectivity index (χ4v) is 5.51. The number of anilines is 1. The van der Waals surface area contributed by atoms with Crippen LogP contribution < -0.4 is 11.1 Å². The number of nitrogen functional groups attached to an aromatic ring is 1. The minimum atomic E-state index is 0.0452. The van der Waals surface area contributed by atoms with Gasteiger partial charge in [0.1, 0.15) is 5.82 Å². The molecule has 1 fully saturated rings. The fourth-order valence-electron chi connectivity index (χ4n) is 3.54. The van der Waals surface area contributed by atoms with E-state index in [1.807, 2.05) is 29.6 Å². The molecule has 1 aliphatic rings. The number of nitrogens with zero attached hydrogens (tertiary/aromatic N) is 3. The van der Waals surface area contributed by atoms with Gasteiger partial charge in [-0.3, -0.25) is 9.69 Å².